The molecule has 0 N–H and O–H groups in total. The number of methoxy groups -OCH3 is 2. The molecule has 0 spiro atoms. The Morgan fingerprint density at radius 2 is 1.89 bits per heavy atom. The summed E-state index contributed by atoms with van der Waals surface area (Å²) in [4.78, 5) is 4.08. The second-order valence-electron chi connectivity index (χ2n) is 5.93. The van der Waals surface area contributed by atoms with Crippen LogP contribution in [0.4, 0.5) is 14.5 Å². The molecule has 3 rings (SSSR count). The van der Waals surface area contributed by atoms with Gasteiger partial charge in [0.1, 0.15) is 15.6 Å². The molecule has 1 aromatic carbocycles. The van der Waals surface area contributed by atoms with Crippen molar-refractivity contribution >= 4 is 27.1 Å². The van der Waals surface area contributed by atoms with Crippen LogP contribution in [-0.2, 0) is 16.3 Å². The molecule has 0 saturated carbocycles. The molecule has 6 nitrogen and oxygen atoms in total. The fraction of sp³-hybridized carbons (Fsp3) is 0.353. The van der Waals surface area contributed by atoms with Crippen molar-refractivity contribution in [3.05, 3.63) is 40.7 Å². The first-order valence-corrected chi connectivity index (χ1v) is 10.0. The zero-order valence-electron chi connectivity index (χ0n) is 14.6. The van der Waals surface area contributed by atoms with Gasteiger partial charge < -0.3 is 14.4 Å². The van der Waals surface area contributed by atoms with Crippen molar-refractivity contribution in [2.45, 2.75) is 11.3 Å². The zero-order valence-corrected chi connectivity index (χ0v) is 16.2. The maximum absolute atomic E-state index is 14.3. The van der Waals surface area contributed by atoms with Crippen LogP contribution >= 0.6 is 11.6 Å². The van der Waals surface area contributed by atoms with E-state index in [9.17, 15) is 17.2 Å². The number of pyridine rings is 1. The molecular formula is C17H17ClF2N2O4S. The summed E-state index contributed by atoms with van der Waals surface area (Å²) in [6.45, 7) is 0.349. The quantitative estimate of drug-likeness (QED) is 0.695. The van der Waals surface area contributed by atoms with Crippen molar-refractivity contribution in [3.63, 3.8) is 0 Å². The van der Waals surface area contributed by atoms with Gasteiger partial charge in [-0.25, -0.2) is 8.42 Å². The van der Waals surface area contributed by atoms with E-state index in [4.69, 9.17) is 21.1 Å². The number of halogens is 3. The zero-order chi connectivity index (χ0) is 19.8. The molecule has 10 heteroatoms. The molecule has 0 aliphatic carbocycles. The molecule has 0 atom stereocenters. The van der Waals surface area contributed by atoms with Crippen molar-refractivity contribution in [3.8, 4) is 11.5 Å². The first-order valence-electron chi connectivity index (χ1n) is 8.01. The second kappa shape index (κ2) is 7.47. The fourth-order valence-corrected chi connectivity index (χ4v) is 5.02. The third-order valence-corrected chi connectivity index (χ3v) is 6.56. The van der Waals surface area contributed by atoms with Crippen molar-refractivity contribution < 1.29 is 26.7 Å². The van der Waals surface area contributed by atoms with Gasteiger partial charge in [-0.2, -0.15) is 13.8 Å². The van der Waals surface area contributed by atoms with Crippen LogP contribution < -0.4 is 14.4 Å². The van der Waals surface area contributed by atoms with E-state index < -0.39 is 31.7 Å². The molecule has 0 bridgehead atoms. The highest BCUT2D eigenvalue weighted by atomic mass is 35.5. The van der Waals surface area contributed by atoms with Gasteiger partial charge in [-0.05, 0) is 24.1 Å². The van der Waals surface area contributed by atoms with E-state index in [1.807, 2.05) is 6.07 Å². The first kappa shape index (κ1) is 19.6. The molecule has 0 fully saturated rings. The van der Waals surface area contributed by atoms with Crippen molar-refractivity contribution in [1.82, 2.24) is 4.98 Å². The summed E-state index contributed by atoms with van der Waals surface area (Å²) in [7, 11) is -0.836. The Labute approximate surface area is 160 Å². The molecule has 0 radical (unpaired) electrons. The lowest BCUT2D eigenvalue weighted by atomic mass is 10.1. The van der Waals surface area contributed by atoms with Crippen LogP contribution in [0.5, 0.6) is 11.5 Å². The van der Waals surface area contributed by atoms with E-state index in [1.165, 1.54) is 19.1 Å². The molecule has 2 aromatic rings. The van der Waals surface area contributed by atoms with Gasteiger partial charge in [0.15, 0.2) is 21.3 Å². The largest absolute Gasteiger partial charge is 0.493 e. The molecule has 0 unspecified atom stereocenters. The average molecular weight is 419 g/mol. The van der Waals surface area contributed by atoms with Gasteiger partial charge in [-0.3, -0.25) is 0 Å². The van der Waals surface area contributed by atoms with Gasteiger partial charge >= 0.3 is 0 Å². The number of anilines is 1. The minimum atomic E-state index is -3.88. The molecule has 1 aliphatic rings. The van der Waals surface area contributed by atoms with E-state index in [-0.39, 0.29) is 18.0 Å². The van der Waals surface area contributed by atoms with Crippen molar-refractivity contribution in [2.75, 3.05) is 38.0 Å². The van der Waals surface area contributed by atoms with E-state index in [1.54, 1.807) is 12.1 Å². The summed E-state index contributed by atoms with van der Waals surface area (Å²) < 4.78 is 62.9. The third-order valence-electron chi connectivity index (χ3n) is 4.36. The van der Waals surface area contributed by atoms with Gasteiger partial charge in [-0.15, -0.1) is 0 Å². The van der Waals surface area contributed by atoms with Gasteiger partial charge in [-0.1, -0.05) is 17.7 Å². The summed E-state index contributed by atoms with van der Waals surface area (Å²) >= 11 is 5.78. The normalized spacial score (nSPS) is 15.4. The highest BCUT2D eigenvalue weighted by Gasteiger charge is 2.36. The summed E-state index contributed by atoms with van der Waals surface area (Å²) in [5.41, 5.74) is 0.595. The number of benzene rings is 1. The van der Waals surface area contributed by atoms with Crippen LogP contribution in [0.25, 0.3) is 0 Å². The number of hydrogen-bond acceptors (Lipinski definition) is 6. The van der Waals surface area contributed by atoms with E-state index in [0.29, 0.717) is 24.5 Å². The molecule has 146 valence electrons. The number of rotatable bonds is 5. The number of ether oxygens (including phenoxy) is 2. The fourth-order valence-electron chi connectivity index (χ4n) is 3.01. The third kappa shape index (κ3) is 3.66. The van der Waals surface area contributed by atoms with Crippen LogP contribution in [0.3, 0.4) is 0 Å². The molecule has 1 aliphatic heterocycles. The van der Waals surface area contributed by atoms with Crippen molar-refractivity contribution in [1.29, 1.82) is 0 Å². The molecule has 0 saturated heterocycles. The maximum atomic E-state index is 14.3. The lowest BCUT2D eigenvalue weighted by molar-refractivity contribution is 0.354. The predicted molar refractivity (Wildman–Crippen MR) is 96.7 cm³/mol. The lowest BCUT2D eigenvalue weighted by Gasteiger charge is -2.31. The second-order valence-corrected chi connectivity index (χ2v) is 8.35. The number of nitrogens with zero attached hydrogens (tertiary/aromatic N) is 2. The Hall–Kier alpha value is -2.13. The summed E-state index contributed by atoms with van der Waals surface area (Å²) in [6, 6.07) is 5.36. The topological polar surface area (TPSA) is 68.7 Å². The van der Waals surface area contributed by atoms with E-state index in [0.717, 1.165) is 5.56 Å². The Balaban J connectivity index is 1.91. The molecular weight excluding hydrogens is 402 g/mol. The molecule has 27 heavy (non-hydrogen) atoms. The van der Waals surface area contributed by atoms with E-state index in [2.05, 4.69) is 4.98 Å². The van der Waals surface area contributed by atoms with Gasteiger partial charge in [0.05, 0.1) is 20.0 Å². The van der Waals surface area contributed by atoms with Gasteiger partial charge in [0.25, 0.3) is 0 Å². The average Bonchev–Trinajstić information content (AvgIpc) is 2.64. The standard InChI is InChI=1S/C17H17ClF2N2O4S/c1-25-11-4-3-10(9-12(11)26-2)5-6-22-7-8-27(23,24)15-13(18)16(19)21-17(20)14(15)22/h3-4,9H,5-8H2,1-2H3. The van der Waals surface area contributed by atoms with Crippen LogP contribution in [0.15, 0.2) is 23.1 Å². The van der Waals surface area contributed by atoms with Crippen molar-refractivity contribution in [2.24, 2.45) is 0 Å². The predicted octanol–water partition coefficient (Wildman–Crippen LogP) is 2.87. The number of fused-ring (bicyclic) bond motifs is 1. The summed E-state index contributed by atoms with van der Waals surface area (Å²) in [5, 5.41) is -0.679. The van der Waals surface area contributed by atoms with Crippen LogP contribution in [0.2, 0.25) is 5.02 Å². The number of hydrogen-bond donors (Lipinski definition) is 0. The Morgan fingerprint density at radius 1 is 1.19 bits per heavy atom. The smallest absolute Gasteiger partial charge is 0.240 e. The van der Waals surface area contributed by atoms with Crippen LogP contribution in [0.1, 0.15) is 5.56 Å². The SMILES string of the molecule is COc1ccc(CCN2CCS(=O)(=O)c3c(Cl)c(F)nc(F)c32)cc1OC. The van der Waals surface area contributed by atoms with Crippen LogP contribution in [0, 0.1) is 11.9 Å². The molecule has 2 heterocycles. The maximum Gasteiger partial charge on any atom is 0.240 e. The first-order chi connectivity index (χ1) is 12.8. The number of sulfone groups is 1. The monoisotopic (exact) mass is 418 g/mol. The lowest BCUT2D eigenvalue weighted by Crippen LogP contribution is -2.38. The highest BCUT2D eigenvalue weighted by molar-refractivity contribution is 7.91. The Morgan fingerprint density at radius 3 is 2.56 bits per heavy atom. The summed E-state index contributed by atoms with van der Waals surface area (Å²) in [6.07, 6.45) is 0.467. The molecule has 1 aromatic heterocycles. The van der Waals surface area contributed by atoms with Crippen LogP contribution in [-0.4, -0.2) is 46.5 Å². The number of aromatic nitrogens is 1. The van der Waals surface area contributed by atoms with Gasteiger partial charge in [0.2, 0.25) is 11.9 Å². The minimum absolute atomic E-state index is 0.0587. The summed E-state index contributed by atoms with van der Waals surface area (Å²) in [5.74, 6) is -1.68. The Bertz CT molecular complexity index is 985. The minimum Gasteiger partial charge on any atom is -0.493 e. The molecule has 0 amide bonds. The van der Waals surface area contributed by atoms with E-state index >= 15 is 0 Å². The highest BCUT2D eigenvalue weighted by Crippen LogP contribution is 2.38. The van der Waals surface area contributed by atoms with Gasteiger partial charge in [0, 0.05) is 13.1 Å². The Kier molecular flexibility index (Phi) is 5.43.